The van der Waals surface area contributed by atoms with Crippen molar-refractivity contribution in [1.82, 2.24) is 10.4 Å². The highest BCUT2D eigenvalue weighted by atomic mass is 15.5. The Bertz CT molecular complexity index is 155. The van der Waals surface area contributed by atoms with E-state index in [2.05, 4.69) is 24.3 Å². The third-order valence-corrected chi connectivity index (χ3v) is 3.45. The Morgan fingerprint density at radius 2 is 1.69 bits per heavy atom. The summed E-state index contributed by atoms with van der Waals surface area (Å²) in [5, 5.41) is 2.49. The van der Waals surface area contributed by atoms with Gasteiger partial charge < -0.3 is 0 Å². The van der Waals surface area contributed by atoms with Crippen molar-refractivity contribution in [2.24, 2.45) is 5.92 Å². The van der Waals surface area contributed by atoms with Gasteiger partial charge in [0.1, 0.15) is 0 Å². The lowest BCUT2D eigenvalue weighted by Crippen LogP contribution is -2.52. The molecule has 0 aromatic rings. The minimum absolute atomic E-state index is 0.738. The number of hydrogen-bond donors (Lipinski definition) is 1. The van der Waals surface area contributed by atoms with Crippen LogP contribution in [0.2, 0.25) is 0 Å². The van der Waals surface area contributed by atoms with E-state index >= 15 is 0 Å². The first-order chi connectivity index (χ1) is 6.27. The van der Waals surface area contributed by atoms with E-state index in [1.165, 1.54) is 38.6 Å². The molecule has 0 amide bonds. The molecule has 13 heavy (non-hydrogen) atoms. The summed E-state index contributed by atoms with van der Waals surface area (Å²) >= 11 is 0. The number of piperidine rings is 1. The summed E-state index contributed by atoms with van der Waals surface area (Å²) in [6.07, 6.45) is 7.03. The minimum Gasteiger partial charge on any atom is -0.254 e. The summed E-state index contributed by atoms with van der Waals surface area (Å²) in [6, 6.07) is 1.48. The minimum atomic E-state index is 0.738. The summed E-state index contributed by atoms with van der Waals surface area (Å²) in [6.45, 7) is 5.90. The fraction of sp³-hybridized carbons (Fsp3) is 1.00. The Labute approximate surface area is 81.7 Å². The molecule has 2 aliphatic rings. The zero-order chi connectivity index (χ0) is 9.26. The molecule has 0 bridgehead atoms. The highest BCUT2D eigenvalue weighted by Crippen LogP contribution is 2.28. The highest BCUT2D eigenvalue weighted by Gasteiger charge is 2.27. The molecule has 1 saturated carbocycles. The van der Waals surface area contributed by atoms with Crippen LogP contribution in [0, 0.1) is 5.92 Å². The number of rotatable bonds is 3. The van der Waals surface area contributed by atoms with E-state index in [0.717, 1.165) is 18.0 Å². The van der Waals surface area contributed by atoms with Gasteiger partial charge >= 0.3 is 0 Å². The largest absolute Gasteiger partial charge is 0.254 e. The molecule has 0 aromatic carbocycles. The van der Waals surface area contributed by atoms with Crippen molar-refractivity contribution in [3.63, 3.8) is 0 Å². The fourth-order valence-corrected chi connectivity index (χ4v) is 2.29. The maximum absolute atomic E-state index is 3.62. The number of nitrogens with one attached hydrogen (secondary N) is 1. The van der Waals surface area contributed by atoms with E-state index < -0.39 is 0 Å². The van der Waals surface area contributed by atoms with Crippen LogP contribution in [-0.2, 0) is 0 Å². The second kappa shape index (κ2) is 3.97. The van der Waals surface area contributed by atoms with Crippen LogP contribution in [-0.4, -0.2) is 23.6 Å². The summed E-state index contributed by atoms with van der Waals surface area (Å²) < 4.78 is 0. The van der Waals surface area contributed by atoms with Crippen LogP contribution in [0.3, 0.4) is 0 Å². The molecular weight excluding hydrogens is 160 g/mol. The van der Waals surface area contributed by atoms with Crippen LogP contribution in [0.4, 0.5) is 0 Å². The maximum atomic E-state index is 3.62. The van der Waals surface area contributed by atoms with Gasteiger partial charge in [-0.1, -0.05) is 6.42 Å². The molecular formula is C11H22N2. The van der Waals surface area contributed by atoms with Crippen LogP contribution in [0.25, 0.3) is 0 Å². The molecule has 1 heterocycles. The van der Waals surface area contributed by atoms with Crippen molar-refractivity contribution >= 4 is 0 Å². The molecule has 2 heteroatoms. The van der Waals surface area contributed by atoms with E-state index in [0.29, 0.717) is 0 Å². The van der Waals surface area contributed by atoms with E-state index in [-0.39, 0.29) is 0 Å². The Morgan fingerprint density at radius 3 is 2.23 bits per heavy atom. The van der Waals surface area contributed by atoms with Crippen LogP contribution >= 0.6 is 0 Å². The molecule has 1 N–H and O–H groups in total. The number of nitrogens with zero attached hydrogens (tertiary/aromatic N) is 1. The molecule has 2 unspecified atom stereocenters. The van der Waals surface area contributed by atoms with E-state index in [1.54, 1.807) is 0 Å². The molecule has 2 nitrogen and oxygen atoms in total. The molecule has 2 fully saturated rings. The van der Waals surface area contributed by atoms with Crippen molar-refractivity contribution in [1.29, 1.82) is 0 Å². The average molecular weight is 182 g/mol. The Hall–Kier alpha value is -0.0800. The summed E-state index contributed by atoms with van der Waals surface area (Å²) in [5.74, 6) is 0.987. The quantitative estimate of drug-likeness (QED) is 0.719. The van der Waals surface area contributed by atoms with Crippen molar-refractivity contribution in [2.45, 2.75) is 58.0 Å². The first kappa shape index (κ1) is 9.47. The van der Waals surface area contributed by atoms with Gasteiger partial charge in [0, 0.05) is 18.6 Å². The standard InChI is InChI=1S/C11H22N2/c1-9-4-3-5-10(2)13(9)12-8-11-6-7-11/h9-12H,3-8H2,1-2H3. The van der Waals surface area contributed by atoms with Gasteiger partial charge in [0.25, 0.3) is 0 Å². The van der Waals surface area contributed by atoms with Gasteiger partial charge in [-0.2, -0.15) is 0 Å². The second-order valence-corrected chi connectivity index (χ2v) is 4.84. The SMILES string of the molecule is CC1CCCC(C)N1NCC1CC1. The molecule has 0 aromatic heterocycles. The average Bonchev–Trinajstić information content (AvgIpc) is 2.87. The van der Waals surface area contributed by atoms with Gasteiger partial charge in [-0.25, -0.2) is 5.01 Å². The van der Waals surface area contributed by atoms with Crippen LogP contribution in [0.15, 0.2) is 0 Å². The van der Waals surface area contributed by atoms with Crippen molar-refractivity contribution < 1.29 is 0 Å². The first-order valence-corrected chi connectivity index (χ1v) is 5.79. The Balaban J connectivity index is 1.78. The number of hydrazine groups is 1. The zero-order valence-corrected chi connectivity index (χ0v) is 8.92. The first-order valence-electron chi connectivity index (χ1n) is 5.79. The topological polar surface area (TPSA) is 15.3 Å². The van der Waals surface area contributed by atoms with Crippen molar-refractivity contribution in [3.8, 4) is 0 Å². The third-order valence-electron chi connectivity index (χ3n) is 3.45. The van der Waals surface area contributed by atoms with Crippen LogP contribution in [0.5, 0.6) is 0 Å². The van der Waals surface area contributed by atoms with E-state index in [9.17, 15) is 0 Å². The fourth-order valence-electron chi connectivity index (χ4n) is 2.29. The predicted octanol–water partition coefficient (Wildman–Crippen LogP) is 2.16. The Kier molecular flexibility index (Phi) is 2.89. The molecule has 0 spiro atoms. The monoisotopic (exact) mass is 182 g/mol. The molecule has 2 rings (SSSR count). The van der Waals surface area contributed by atoms with Crippen molar-refractivity contribution in [3.05, 3.63) is 0 Å². The molecule has 1 aliphatic heterocycles. The summed E-state index contributed by atoms with van der Waals surface area (Å²) in [4.78, 5) is 0. The normalized spacial score (nSPS) is 36.5. The second-order valence-electron chi connectivity index (χ2n) is 4.84. The molecule has 2 atom stereocenters. The van der Waals surface area contributed by atoms with Crippen molar-refractivity contribution in [2.75, 3.05) is 6.54 Å². The van der Waals surface area contributed by atoms with Gasteiger partial charge in [0.05, 0.1) is 0 Å². The van der Waals surface area contributed by atoms with Gasteiger partial charge in [-0.15, -0.1) is 0 Å². The lowest BCUT2D eigenvalue weighted by Gasteiger charge is -2.39. The molecule has 0 radical (unpaired) electrons. The summed E-state index contributed by atoms with van der Waals surface area (Å²) in [7, 11) is 0. The zero-order valence-electron chi connectivity index (χ0n) is 8.92. The number of hydrogen-bond acceptors (Lipinski definition) is 2. The summed E-state index contributed by atoms with van der Waals surface area (Å²) in [5.41, 5.74) is 3.62. The van der Waals surface area contributed by atoms with E-state index in [4.69, 9.17) is 0 Å². The lowest BCUT2D eigenvalue weighted by molar-refractivity contribution is 0.0448. The van der Waals surface area contributed by atoms with E-state index in [1.807, 2.05) is 0 Å². The highest BCUT2D eigenvalue weighted by molar-refractivity contribution is 4.80. The van der Waals surface area contributed by atoms with Crippen LogP contribution < -0.4 is 5.43 Å². The smallest absolute Gasteiger partial charge is 0.0218 e. The Morgan fingerprint density at radius 1 is 1.08 bits per heavy atom. The predicted molar refractivity (Wildman–Crippen MR) is 55.3 cm³/mol. The third kappa shape index (κ3) is 2.44. The molecule has 1 aliphatic carbocycles. The molecule has 1 saturated heterocycles. The maximum Gasteiger partial charge on any atom is 0.0218 e. The van der Waals surface area contributed by atoms with Gasteiger partial charge in [0.2, 0.25) is 0 Å². The molecule has 76 valence electrons. The lowest BCUT2D eigenvalue weighted by atomic mass is 10.00. The van der Waals surface area contributed by atoms with Gasteiger partial charge in [-0.05, 0) is 45.4 Å². The van der Waals surface area contributed by atoms with Gasteiger partial charge in [0.15, 0.2) is 0 Å². The van der Waals surface area contributed by atoms with Gasteiger partial charge in [-0.3, -0.25) is 5.43 Å². The van der Waals surface area contributed by atoms with Crippen LogP contribution in [0.1, 0.15) is 46.0 Å².